The van der Waals surface area contributed by atoms with Gasteiger partial charge in [0.25, 0.3) is 0 Å². The molecule has 3 rings (SSSR count). The average molecular weight is 599 g/mol. The molecule has 7 heteroatoms. The van der Waals surface area contributed by atoms with Gasteiger partial charge in [-0.05, 0) is 68.5 Å². The molecule has 0 saturated carbocycles. The summed E-state index contributed by atoms with van der Waals surface area (Å²) in [5.74, 6) is 3.41. The Morgan fingerprint density at radius 3 is 1.88 bits per heavy atom. The smallest absolute Gasteiger partial charge is 0.404 e. The monoisotopic (exact) mass is 598 g/mol. The van der Waals surface area contributed by atoms with Gasteiger partial charge in [0.05, 0.1) is 0 Å². The van der Waals surface area contributed by atoms with Crippen molar-refractivity contribution in [2.45, 2.75) is 70.4 Å². The van der Waals surface area contributed by atoms with E-state index in [0.717, 1.165) is 30.2 Å². The minimum absolute atomic E-state index is 0. The van der Waals surface area contributed by atoms with Gasteiger partial charge in [-0.2, -0.15) is 0 Å². The lowest BCUT2D eigenvalue weighted by Gasteiger charge is -2.24. The average Bonchev–Trinajstić information content (AvgIpc) is 3.49. The molecule has 0 amide bonds. The number of nitrogens with zero attached hydrogens (tertiary/aromatic N) is 3. The van der Waals surface area contributed by atoms with E-state index in [-0.39, 0.29) is 28.9 Å². The van der Waals surface area contributed by atoms with E-state index < -0.39 is 5.43 Å². The Morgan fingerprint density at radius 2 is 1.46 bits per heavy atom. The van der Waals surface area contributed by atoms with Gasteiger partial charge in [0, 0.05) is 44.3 Å². The molecule has 0 spiro atoms. The molecule has 242 valence electrons. The predicted octanol–water partition coefficient (Wildman–Crippen LogP) is 7.74. The first-order chi connectivity index (χ1) is 18.3. The van der Waals surface area contributed by atoms with Crippen LogP contribution in [-0.4, -0.2) is 92.2 Å². The molecule has 0 aromatic heterocycles. The maximum Gasteiger partial charge on any atom is 0.404 e. The van der Waals surface area contributed by atoms with E-state index in [1.165, 1.54) is 77.1 Å². The van der Waals surface area contributed by atoms with Crippen molar-refractivity contribution in [2.24, 2.45) is 23.7 Å². The van der Waals surface area contributed by atoms with Crippen LogP contribution >= 0.6 is 11.6 Å². The third-order valence-corrected chi connectivity index (χ3v) is 7.97. The van der Waals surface area contributed by atoms with Crippen LogP contribution in [0.1, 0.15) is 69.4 Å². The SMILES string of the molecule is C.C.C.C=CCOC(=O)Cl.CCN(CC)CC1CN(Cc2ccccc2)CC1C.CCN(CC)CC1CNCC1C. The van der Waals surface area contributed by atoms with Crippen molar-refractivity contribution in [3.05, 3.63) is 48.6 Å². The molecule has 2 aliphatic rings. The van der Waals surface area contributed by atoms with Crippen LogP contribution in [0.4, 0.5) is 4.79 Å². The van der Waals surface area contributed by atoms with Crippen LogP contribution < -0.4 is 5.32 Å². The normalized spacial score (nSPS) is 21.3. The first-order valence-corrected chi connectivity index (χ1v) is 15.0. The van der Waals surface area contributed by atoms with Crippen molar-refractivity contribution in [1.82, 2.24) is 20.0 Å². The molecule has 2 saturated heterocycles. The highest BCUT2D eigenvalue weighted by Gasteiger charge is 2.30. The fraction of sp³-hybridized carbons (Fsp3) is 0.735. The van der Waals surface area contributed by atoms with E-state index in [1.54, 1.807) is 0 Å². The fourth-order valence-corrected chi connectivity index (χ4v) is 5.27. The molecular formula is C34H67ClN4O2. The van der Waals surface area contributed by atoms with Gasteiger partial charge in [-0.15, -0.1) is 0 Å². The number of carbonyl (C=O) groups is 1. The molecule has 0 radical (unpaired) electrons. The van der Waals surface area contributed by atoms with Gasteiger partial charge < -0.3 is 19.9 Å². The van der Waals surface area contributed by atoms with Crippen molar-refractivity contribution < 1.29 is 9.53 Å². The number of ether oxygens (including phenoxy) is 1. The maximum atomic E-state index is 9.70. The molecule has 0 aliphatic carbocycles. The zero-order chi connectivity index (χ0) is 28.3. The van der Waals surface area contributed by atoms with Gasteiger partial charge in [-0.25, -0.2) is 4.79 Å². The lowest BCUT2D eigenvalue weighted by atomic mass is 9.98. The first kappa shape index (κ1) is 44.0. The summed E-state index contributed by atoms with van der Waals surface area (Å²) in [5, 5.41) is 3.45. The van der Waals surface area contributed by atoms with Crippen molar-refractivity contribution in [3.8, 4) is 0 Å². The molecular weight excluding hydrogens is 532 g/mol. The molecule has 0 bridgehead atoms. The zero-order valence-electron chi connectivity index (χ0n) is 25.0. The lowest BCUT2D eigenvalue weighted by molar-refractivity contribution is 0.186. The number of hydrogen-bond donors (Lipinski definition) is 1. The Labute approximate surface area is 260 Å². The van der Waals surface area contributed by atoms with Gasteiger partial charge in [-0.3, -0.25) is 4.90 Å². The van der Waals surface area contributed by atoms with Crippen molar-refractivity contribution >= 4 is 17.0 Å². The van der Waals surface area contributed by atoms with Gasteiger partial charge in [0.1, 0.15) is 6.61 Å². The Morgan fingerprint density at radius 1 is 0.927 bits per heavy atom. The first-order valence-electron chi connectivity index (χ1n) is 14.6. The van der Waals surface area contributed by atoms with E-state index >= 15 is 0 Å². The topological polar surface area (TPSA) is 48.1 Å². The number of halogens is 1. The molecule has 1 N–H and O–H groups in total. The van der Waals surface area contributed by atoms with Crippen molar-refractivity contribution in [2.75, 3.05) is 72.1 Å². The van der Waals surface area contributed by atoms with Crippen LogP contribution in [-0.2, 0) is 11.3 Å². The second-order valence-electron chi connectivity index (χ2n) is 10.6. The highest BCUT2D eigenvalue weighted by Crippen LogP contribution is 2.25. The molecule has 2 heterocycles. The Kier molecular flexibility index (Phi) is 28.1. The van der Waals surface area contributed by atoms with Gasteiger partial charge in [0.15, 0.2) is 0 Å². The van der Waals surface area contributed by atoms with Gasteiger partial charge in [0.2, 0.25) is 0 Å². The Balaban J connectivity index is -0.000000570. The molecule has 2 fully saturated rings. The van der Waals surface area contributed by atoms with Crippen LogP contribution in [0.25, 0.3) is 0 Å². The van der Waals surface area contributed by atoms with Crippen LogP contribution in [0, 0.1) is 23.7 Å². The molecule has 1 aromatic carbocycles. The van der Waals surface area contributed by atoms with Crippen molar-refractivity contribution in [3.63, 3.8) is 0 Å². The van der Waals surface area contributed by atoms with Crippen LogP contribution in [0.2, 0.25) is 0 Å². The summed E-state index contributed by atoms with van der Waals surface area (Å²) in [6, 6.07) is 10.9. The summed E-state index contributed by atoms with van der Waals surface area (Å²) in [5.41, 5.74) is 0.651. The van der Waals surface area contributed by atoms with E-state index in [2.05, 4.69) is 103 Å². The third-order valence-electron chi connectivity index (χ3n) is 7.86. The highest BCUT2D eigenvalue weighted by atomic mass is 35.5. The molecule has 4 atom stereocenters. The van der Waals surface area contributed by atoms with Crippen LogP contribution in [0.5, 0.6) is 0 Å². The second-order valence-corrected chi connectivity index (χ2v) is 10.9. The summed E-state index contributed by atoms with van der Waals surface area (Å²) in [6.07, 6.45) is 1.44. The fourth-order valence-electron chi connectivity index (χ4n) is 5.21. The highest BCUT2D eigenvalue weighted by molar-refractivity contribution is 6.61. The third kappa shape index (κ3) is 18.7. The minimum atomic E-state index is -0.792. The van der Waals surface area contributed by atoms with E-state index in [9.17, 15) is 4.79 Å². The van der Waals surface area contributed by atoms with E-state index in [0.29, 0.717) is 0 Å². The molecule has 1 aromatic rings. The Hall–Kier alpha value is -1.44. The second kappa shape index (κ2) is 26.2. The van der Waals surface area contributed by atoms with E-state index in [1.807, 2.05) is 0 Å². The van der Waals surface area contributed by atoms with Crippen LogP contribution in [0.3, 0.4) is 0 Å². The summed E-state index contributed by atoms with van der Waals surface area (Å²) < 4.78 is 4.20. The summed E-state index contributed by atoms with van der Waals surface area (Å²) in [7, 11) is 0. The summed E-state index contributed by atoms with van der Waals surface area (Å²) >= 11 is 4.75. The Bertz CT molecular complexity index is 743. The van der Waals surface area contributed by atoms with Gasteiger partial charge >= 0.3 is 5.43 Å². The minimum Gasteiger partial charge on any atom is -0.449 e. The molecule has 41 heavy (non-hydrogen) atoms. The predicted molar refractivity (Wildman–Crippen MR) is 183 cm³/mol. The molecule has 4 unspecified atom stereocenters. The number of hydrogen-bond acceptors (Lipinski definition) is 6. The van der Waals surface area contributed by atoms with Gasteiger partial charge in [-0.1, -0.05) is 107 Å². The maximum absolute atomic E-state index is 9.70. The molecule has 6 nitrogen and oxygen atoms in total. The largest absolute Gasteiger partial charge is 0.449 e. The quantitative estimate of drug-likeness (QED) is 0.196. The lowest BCUT2D eigenvalue weighted by Crippen LogP contribution is -2.32. The zero-order valence-corrected chi connectivity index (χ0v) is 25.8. The number of carbonyl (C=O) groups excluding carboxylic acids is 1. The van der Waals surface area contributed by atoms with Crippen molar-refractivity contribution in [1.29, 1.82) is 0 Å². The number of benzene rings is 1. The number of rotatable bonds is 12. The summed E-state index contributed by atoms with van der Waals surface area (Å²) in [6.45, 7) is 30.6. The summed E-state index contributed by atoms with van der Waals surface area (Å²) in [4.78, 5) is 17.4. The standard InChI is InChI=1S/C17H28N2.C10H22N2.C4H5ClO2.3CH4/c1-4-18(5-2)13-17-14-19(11-15(17)3)12-16-9-7-6-8-10-16;1-4-12(5-2)8-10-7-11-6-9(10)3;1-2-3-7-4(5)6;;;/h6-10,15,17H,4-5,11-14H2,1-3H3;9-11H,4-8H2,1-3H3;2H,1,3H2;3*1H4. The van der Waals surface area contributed by atoms with Crippen LogP contribution in [0.15, 0.2) is 43.0 Å². The number of likely N-dealkylation sites (tertiary alicyclic amines) is 1. The molecule has 2 aliphatic heterocycles. The van der Waals surface area contributed by atoms with E-state index in [4.69, 9.17) is 11.6 Å². The number of nitrogens with one attached hydrogen (secondary N) is 1.